The molecule has 0 aliphatic rings. The van der Waals surface area contributed by atoms with Crippen molar-refractivity contribution in [1.29, 1.82) is 0 Å². The standard InChI is InChI=1S/C23H27N2O4PS/c1-23(2,27)12-11-20(30(28)29)15-5-7-16(8-6-15)22(26)25-19-14-17(9-10-18(19)24)21-4-3-13-31-21/h3-10,13-14,20,27,30H,11-12,24H2,1-2H3,(H,25,26)(H,28,29). The molecule has 31 heavy (non-hydrogen) atoms. The van der Waals surface area contributed by atoms with Gasteiger partial charge in [-0.2, -0.15) is 0 Å². The molecule has 0 aliphatic carbocycles. The van der Waals surface area contributed by atoms with E-state index in [4.69, 9.17) is 5.73 Å². The van der Waals surface area contributed by atoms with E-state index in [1.807, 2.05) is 29.6 Å². The van der Waals surface area contributed by atoms with Crippen molar-refractivity contribution in [3.8, 4) is 10.4 Å². The Labute approximate surface area is 186 Å². The van der Waals surface area contributed by atoms with E-state index in [1.54, 1.807) is 55.5 Å². The summed E-state index contributed by atoms with van der Waals surface area (Å²) < 4.78 is 11.9. The average Bonchev–Trinajstić information content (AvgIpc) is 3.24. The third-order valence-corrected chi connectivity index (χ3v) is 7.16. The van der Waals surface area contributed by atoms with Gasteiger partial charge in [-0.15, -0.1) is 11.3 Å². The van der Waals surface area contributed by atoms with Gasteiger partial charge < -0.3 is 21.1 Å². The maximum atomic E-state index is 12.7. The fourth-order valence-electron chi connectivity index (χ4n) is 3.25. The zero-order valence-electron chi connectivity index (χ0n) is 17.5. The predicted molar refractivity (Wildman–Crippen MR) is 128 cm³/mol. The molecular formula is C23H27N2O4PS. The van der Waals surface area contributed by atoms with E-state index in [0.717, 1.165) is 10.4 Å². The number of hydrogen-bond acceptors (Lipinski definition) is 5. The van der Waals surface area contributed by atoms with Crippen molar-refractivity contribution < 1.29 is 19.4 Å². The van der Waals surface area contributed by atoms with Crippen LogP contribution in [-0.4, -0.2) is 21.5 Å². The van der Waals surface area contributed by atoms with Crippen molar-refractivity contribution in [3.05, 3.63) is 71.1 Å². The van der Waals surface area contributed by atoms with Gasteiger partial charge in [0.15, 0.2) is 8.03 Å². The second-order valence-electron chi connectivity index (χ2n) is 8.10. The molecule has 6 nitrogen and oxygen atoms in total. The number of nitrogens with two attached hydrogens (primary N) is 1. The zero-order chi connectivity index (χ0) is 22.6. The van der Waals surface area contributed by atoms with E-state index >= 15 is 0 Å². The number of rotatable bonds is 8. The summed E-state index contributed by atoms with van der Waals surface area (Å²) in [6, 6.07) is 16.1. The molecule has 2 aromatic carbocycles. The topological polar surface area (TPSA) is 113 Å². The number of benzene rings is 2. The van der Waals surface area contributed by atoms with Gasteiger partial charge in [-0.1, -0.05) is 24.3 Å². The van der Waals surface area contributed by atoms with Gasteiger partial charge in [-0.3, -0.25) is 9.36 Å². The summed E-state index contributed by atoms with van der Waals surface area (Å²) >= 11 is 1.60. The molecule has 0 saturated heterocycles. The number of nitrogen functional groups attached to an aromatic ring is 1. The number of amides is 1. The number of thiophene rings is 1. The van der Waals surface area contributed by atoms with E-state index in [0.29, 0.717) is 35.3 Å². The van der Waals surface area contributed by atoms with Crippen LogP contribution in [0.15, 0.2) is 60.0 Å². The summed E-state index contributed by atoms with van der Waals surface area (Å²) in [4.78, 5) is 23.6. The number of anilines is 2. The number of carbonyl (C=O) groups is 1. The van der Waals surface area contributed by atoms with Crippen molar-refractivity contribution in [1.82, 2.24) is 0 Å². The quantitative estimate of drug-likeness (QED) is 0.270. The average molecular weight is 459 g/mol. The third kappa shape index (κ3) is 6.28. The van der Waals surface area contributed by atoms with Crippen LogP contribution in [0, 0.1) is 0 Å². The molecule has 0 fully saturated rings. The Morgan fingerprint density at radius 3 is 2.48 bits per heavy atom. The Balaban J connectivity index is 1.74. The van der Waals surface area contributed by atoms with Gasteiger partial charge >= 0.3 is 0 Å². The van der Waals surface area contributed by atoms with Gasteiger partial charge in [-0.05, 0) is 73.5 Å². The molecule has 3 aromatic rings. The lowest BCUT2D eigenvalue weighted by atomic mass is 9.98. The molecule has 2 unspecified atom stereocenters. The summed E-state index contributed by atoms with van der Waals surface area (Å²) in [5.74, 6) is -0.314. The van der Waals surface area contributed by atoms with Crippen LogP contribution in [-0.2, 0) is 4.57 Å². The Kier molecular flexibility index (Phi) is 7.34. The summed E-state index contributed by atoms with van der Waals surface area (Å²) in [5.41, 5.74) is 7.63. The molecule has 0 saturated carbocycles. The lowest BCUT2D eigenvalue weighted by Crippen LogP contribution is -2.19. The number of nitrogens with one attached hydrogen (secondary N) is 1. The highest BCUT2D eigenvalue weighted by atomic mass is 32.1. The molecule has 0 bridgehead atoms. The Morgan fingerprint density at radius 2 is 1.90 bits per heavy atom. The lowest BCUT2D eigenvalue weighted by molar-refractivity contribution is 0.0684. The van der Waals surface area contributed by atoms with Crippen LogP contribution in [0.2, 0.25) is 0 Å². The van der Waals surface area contributed by atoms with Gasteiger partial charge in [0.2, 0.25) is 0 Å². The Hall–Kier alpha value is -2.44. The first-order valence-electron chi connectivity index (χ1n) is 9.94. The van der Waals surface area contributed by atoms with Gasteiger partial charge in [-0.25, -0.2) is 0 Å². The van der Waals surface area contributed by atoms with Gasteiger partial charge in [0.1, 0.15) is 0 Å². The summed E-state index contributed by atoms with van der Waals surface area (Å²) in [5, 5.41) is 14.8. The van der Waals surface area contributed by atoms with Crippen LogP contribution in [0.3, 0.4) is 0 Å². The highest BCUT2D eigenvalue weighted by Gasteiger charge is 2.22. The van der Waals surface area contributed by atoms with E-state index < -0.39 is 19.3 Å². The first-order chi connectivity index (χ1) is 14.6. The maximum Gasteiger partial charge on any atom is 0.255 e. The van der Waals surface area contributed by atoms with Gasteiger partial charge in [0, 0.05) is 10.4 Å². The Morgan fingerprint density at radius 1 is 1.19 bits per heavy atom. The minimum Gasteiger partial charge on any atom is -0.397 e. The summed E-state index contributed by atoms with van der Waals surface area (Å²) in [6.45, 7) is 3.34. The molecule has 2 atom stereocenters. The van der Waals surface area contributed by atoms with Crippen LogP contribution in [0.25, 0.3) is 10.4 Å². The van der Waals surface area contributed by atoms with Gasteiger partial charge in [0.05, 0.1) is 22.6 Å². The van der Waals surface area contributed by atoms with Crippen LogP contribution in [0.1, 0.15) is 48.3 Å². The van der Waals surface area contributed by atoms with E-state index in [9.17, 15) is 19.4 Å². The number of aliphatic hydroxyl groups is 1. The van der Waals surface area contributed by atoms with E-state index in [-0.39, 0.29) is 5.91 Å². The first kappa shape index (κ1) is 23.2. The van der Waals surface area contributed by atoms with Crippen molar-refractivity contribution in [2.24, 2.45) is 0 Å². The third-order valence-electron chi connectivity index (χ3n) is 5.03. The molecule has 5 N–H and O–H groups in total. The minimum absolute atomic E-state index is 0.314. The van der Waals surface area contributed by atoms with Crippen LogP contribution < -0.4 is 11.1 Å². The van der Waals surface area contributed by atoms with Crippen LogP contribution in [0.5, 0.6) is 0 Å². The fraction of sp³-hybridized carbons (Fsp3) is 0.261. The van der Waals surface area contributed by atoms with E-state index in [1.165, 1.54) is 0 Å². The molecular weight excluding hydrogens is 431 g/mol. The van der Waals surface area contributed by atoms with Crippen LogP contribution >= 0.6 is 19.4 Å². The van der Waals surface area contributed by atoms with E-state index in [2.05, 4.69) is 5.32 Å². The smallest absolute Gasteiger partial charge is 0.255 e. The summed E-state index contributed by atoms with van der Waals surface area (Å²) in [7, 11) is -2.84. The molecule has 0 aliphatic heterocycles. The van der Waals surface area contributed by atoms with Crippen molar-refractivity contribution in [2.45, 2.75) is 37.9 Å². The highest BCUT2D eigenvalue weighted by molar-refractivity contribution is 7.38. The second-order valence-corrected chi connectivity index (χ2v) is 10.4. The first-order valence-corrected chi connectivity index (χ1v) is 12.3. The highest BCUT2D eigenvalue weighted by Crippen LogP contribution is 2.42. The molecule has 1 heterocycles. The van der Waals surface area contributed by atoms with Crippen molar-refractivity contribution in [2.75, 3.05) is 11.1 Å². The van der Waals surface area contributed by atoms with Crippen molar-refractivity contribution >= 4 is 36.6 Å². The molecule has 0 spiro atoms. The van der Waals surface area contributed by atoms with Crippen LogP contribution in [0.4, 0.5) is 11.4 Å². The largest absolute Gasteiger partial charge is 0.397 e. The molecule has 1 aromatic heterocycles. The lowest BCUT2D eigenvalue weighted by Gasteiger charge is -2.21. The fourth-order valence-corrected chi connectivity index (χ4v) is 4.85. The molecule has 8 heteroatoms. The number of carbonyl (C=O) groups excluding carboxylic acids is 1. The normalized spacial score (nSPS) is 13.5. The summed E-state index contributed by atoms with van der Waals surface area (Å²) in [6.07, 6.45) is 0.784. The minimum atomic E-state index is -2.84. The molecule has 1 amide bonds. The molecule has 164 valence electrons. The molecule has 3 rings (SSSR count). The second kappa shape index (κ2) is 9.79. The SMILES string of the molecule is CC(C)(O)CCC(c1ccc(C(=O)Nc2cc(-c3cccs3)ccc2N)cc1)[PH](=O)O. The number of hydrogen-bond donors (Lipinski definition) is 4. The van der Waals surface area contributed by atoms with Crippen molar-refractivity contribution in [3.63, 3.8) is 0 Å². The molecule has 0 radical (unpaired) electrons. The maximum absolute atomic E-state index is 12.7. The van der Waals surface area contributed by atoms with Gasteiger partial charge in [0.25, 0.3) is 5.91 Å². The Bertz CT molecular complexity index is 1060. The zero-order valence-corrected chi connectivity index (χ0v) is 19.3. The monoisotopic (exact) mass is 458 g/mol. The predicted octanol–water partition coefficient (Wildman–Crippen LogP) is 5.31.